The highest BCUT2D eigenvalue weighted by atomic mass is 127. The molecule has 5 nitrogen and oxygen atoms in total. The summed E-state index contributed by atoms with van der Waals surface area (Å²) in [6.45, 7) is 2.10. The zero-order chi connectivity index (χ0) is 16.3. The van der Waals surface area contributed by atoms with Crippen molar-refractivity contribution in [2.75, 3.05) is 23.9 Å². The van der Waals surface area contributed by atoms with E-state index in [9.17, 15) is 13.2 Å². The molecule has 1 fully saturated rings. The van der Waals surface area contributed by atoms with Gasteiger partial charge in [0.1, 0.15) is 9.84 Å². The molecule has 2 rings (SSSR count). The Morgan fingerprint density at radius 3 is 2.45 bits per heavy atom. The summed E-state index contributed by atoms with van der Waals surface area (Å²) in [4.78, 5) is 14.2. The number of nitrogens with zero attached hydrogens (tertiary/aromatic N) is 1. The summed E-state index contributed by atoms with van der Waals surface area (Å²) >= 11 is 2.21. The standard InChI is InChI=1S/C15H21IN2O3S/c1-11(10-22(2,20)21)18(14-7-8-14)9-15(19)17-13-5-3-12(16)4-6-13/h3-6,11,14H,7-10H2,1-2H3,(H,17,19). The minimum Gasteiger partial charge on any atom is -0.325 e. The van der Waals surface area contributed by atoms with Crippen LogP contribution in [0.4, 0.5) is 5.69 Å². The largest absolute Gasteiger partial charge is 0.325 e. The number of carbonyl (C=O) groups is 1. The zero-order valence-corrected chi connectivity index (χ0v) is 15.7. The van der Waals surface area contributed by atoms with Gasteiger partial charge in [0.15, 0.2) is 0 Å². The van der Waals surface area contributed by atoms with Gasteiger partial charge in [-0.05, 0) is 66.6 Å². The molecule has 1 unspecified atom stereocenters. The van der Waals surface area contributed by atoms with Gasteiger partial charge in [-0.15, -0.1) is 0 Å². The van der Waals surface area contributed by atoms with Crippen LogP contribution in [0.2, 0.25) is 0 Å². The van der Waals surface area contributed by atoms with Crippen LogP contribution in [0.1, 0.15) is 19.8 Å². The average molecular weight is 436 g/mol. The number of carbonyl (C=O) groups excluding carboxylic acids is 1. The summed E-state index contributed by atoms with van der Waals surface area (Å²) in [6.07, 6.45) is 3.30. The van der Waals surface area contributed by atoms with Crippen molar-refractivity contribution >= 4 is 44.0 Å². The molecule has 0 saturated heterocycles. The van der Waals surface area contributed by atoms with Crippen LogP contribution in [0.25, 0.3) is 0 Å². The Morgan fingerprint density at radius 1 is 1.36 bits per heavy atom. The molecule has 0 spiro atoms. The van der Waals surface area contributed by atoms with Crippen molar-refractivity contribution < 1.29 is 13.2 Å². The monoisotopic (exact) mass is 436 g/mol. The lowest BCUT2D eigenvalue weighted by Gasteiger charge is -2.28. The maximum Gasteiger partial charge on any atom is 0.238 e. The Morgan fingerprint density at radius 2 is 1.95 bits per heavy atom. The van der Waals surface area contributed by atoms with E-state index in [0.29, 0.717) is 6.04 Å². The Balaban J connectivity index is 1.95. The molecule has 1 aromatic rings. The summed E-state index contributed by atoms with van der Waals surface area (Å²) in [5.74, 6) is -0.0196. The van der Waals surface area contributed by atoms with Crippen LogP contribution in [0.5, 0.6) is 0 Å². The van der Waals surface area contributed by atoms with Crippen molar-refractivity contribution in [2.45, 2.75) is 31.8 Å². The molecular formula is C15H21IN2O3S. The second-order valence-electron chi connectivity index (χ2n) is 5.90. The van der Waals surface area contributed by atoms with Crippen LogP contribution < -0.4 is 5.32 Å². The number of nitrogens with one attached hydrogen (secondary N) is 1. The smallest absolute Gasteiger partial charge is 0.238 e. The van der Waals surface area contributed by atoms with Crippen molar-refractivity contribution in [1.29, 1.82) is 0 Å². The molecule has 1 aliphatic carbocycles. The fourth-order valence-corrected chi connectivity index (χ4v) is 3.91. The number of sulfone groups is 1. The van der Waals surface area contributed by atoms with Crippen LogP contribution >= 0.6 is 22.6 Å². The second kappa shape index (κ2) is 7.27. The van der Waals surface area contributed by atoms with E-state index >= 15 is 0 Å². The minimum absolute atomic E-state index is 0.0836. The number of rotatable bonds is 7. The lowest BCUT2D eigenvalue weighted by atomic mass is 10.3. The summed E-state index contributed by atoms with van der Waals surface area (Å²) in [5.41, 5.74) is 0.761. The third-order valence-electron chi connectivity index (χ3n) is 3.58. The Bertz CT molecular complexity index is 627. The number of hydrogen-bond acceptors (Lipinski definition) is 4. The predicted molar refractivity (Wildman–Crippen MR) is 96.7 cm³/mol. The molecule has 1 aliphatic rings. The van der Waals surface area contributed by atoms with Gasteiger partial charge >= 0.3 is 0 Å². The van der Waals surface area contributed by atoms with Crippen LogP contribution in [-0.4, -0.2) is 49.9 Å². The molecule has 1 aromatic carbocycles. The summed E-state index contributed by atoms with van der Waals surface area (Å²) in [5, 5.41) is 2.87. The van der Waals surface area contributed by atoms with Crippen molar-refractivity contribution in [1.82, 2.24) is 4.90 Å². The Hall–Kier alpha value is -0.670. The molecule has 0 aromatic heterocycles. The molecule has 1 saturated carbocycles. The Kier molecular flexibility index (Phi) is 5.84. The fourth-order valence-electron chi connectivity index (χ4n) is 2.48. The molecular weight excluding hydrogens is 415 g/mol. The van der Waals surface area contributed by atoms with Gasteiger partial charge in [-0.3, -0.25) is 9.69 Å². The highest BCUT2D eigenvalue weighted by Crippen LogP contribution is 2.28. The highest BCUT2D eigenvalue weighted by molar-refractivity contribution is 14.1. The fraction of sp³-hybridized carbons (Fsp3) is 0.533. The maximum atomic E-state index is 12.2. The summed E-state index contributed by atoms with van der Waals surface area (Å²) in [7, 11) is -3.05. The SMILES string of the molecule is CC(CS(C)(=O)=O)N(CC(=O)Nc1ccc(I)cc1)C1CC1. The molecule has 1 atom stereocenters. The molecule has 0 heterocycles. The first-order valence-corrected chi connectivity index (χ1v) is 10.4. The van der Waals surface area contributed by atoms with Gasteiger partial charge in [0.05, 0.1) is 12.3 Å². The lowest BCUT2D eigenvalue weighted by Crippen LogP contribution is -2.44. The molecule has 0 radical (unpaired) electrons. The molecule has 0 bridgehead atoms. The molecule has 7 heteroatoms. The second-order valence-corrected chi connectivity index (χ2v) is 9.33. The third-order valence-corrected chi connectivity index (χ3v) is 5.39. The normalized spacial score (nSPS) is 16.5. The number of benzene rings is 1. The van der Waals surface area contributed by atoms with E-state index in [1.54, 1.807) is 0 Å². The number of anilines is 1. The Labute approximate surface area is 145 Å². The van der Waals surface area contributed by atoms with E-state index in [-0.39, 0.29) is 24.2 Å². The first kappa shape index (κ1) is 17.7. The average Bonchev–Trinajstić information content (AvgIpc) is 3.21. The third kappa shape index (κ3) is 5.85. The first-order chi connectivity index (χ1) is 10.2. The lowest BCUT2D eigenvalue weighted by molar-refractivity contribution is -0.117. The van der Waals surface area contributed by atoms with E-state index in [0.717, 1.165) is 22.1 Å². The van der Waals surface area contributed by atoms with Crippen molar-refractivity contribution in [3.63, 3.8) is 0 Å². The van der Waals surface area contributed by atoms with Gasteiger partial charge in [-0.25, -0.2) is 8.42 Å². The number of halogens is 1. The molecule has 1 N–H and O–H groups in total. The maximum absolute atomic E-state index is 12.2. The van der Waals surface area contributed by atoms with E-state index in [1.165, 1.54) is 6.26 Å². The van der Waals surface area contributed by atoms with Gasteiger partial charge in [0.25, 0.3) is 0 Å². The van der Waals surface area contributed by atoms with E-state index in [2.05, 4.69) is 27.9 Å². The highest BCUT2D eigenvalue weighted by Gasteiger charge is 2.34. The summed E-state index contributed by atoms with van der Waals surface area (Å²) < 4.78 is 24.0. The minimum atomic E-state index is -3.05. The zero-order valence-electron chi connectivity index (χ0n) is 12.8. The number of amides is 1. The van der Waals surface area contributed by atoms with Crippen LogP contribution in [0.3, 0.4) is 0 Å². The van der Waals surface area contributed by atoms with Crippen molar-refractivity contribution in [3.8, 4) is 0 Å². The van der Waals surface area contributed by atoms with Gasteiger partial charge in [0.2, 0.25) is 5.91 Å². The number of hydrogen-bond donors (Lipinski definition) is 1. The van der Waals surface area contributed by atoms with Gasteiger partial charge < -0.3 is 5.32 Å². The predicted octanol–water partition coefficient (Wildman–Crippen LogP) is 2.13. The van der Waals surface area contributed by atoms with Gasteiger partial charge in [-0.1, -0.05) is 0 Å². The topological polar surface area (TPSA) is 66.5 Å². The van der Waals surface area contributed by atoms with Gasteiger partial charge in [0, 0.05) is 27.6 Å². The first-order valence-electron chi connectivity index (χ1n) is 7.23. The van der Waals surface area contributed by atoms with E-state index < -0.39 is 9.84 Å². The molecule has 0 aliphatic heterocycles. The van der Waals surface area contributed by atoms with E-state index in [1.807, 2.05) is 36.1 Å². The van der Waals surface area contributed by atoms with Crippen LogP contribution in [0, 0.1) is 3.57 Å². The quantitative estimate of drug-likeness (QED) is 0.666. The molecule has 1 amide bonds. The van der Waals surface area contributed by atoms with Crippen LogP contribution in [0.15, 0.2) is 24.3 Å². The molecule has 122 valence electrons. The van der Waals surface area contributed by atoms with E-state index in [4.69, 9.17) is 0 Å². The molecule has 22 heavy (non-hydrogen) atoms. The summed E-state index contributed by atoms with van der Waals surface area (Å²) in [6, 6.07) is 7.77. The van der Waals surface area contributed by atoms with Crippen molar-refractivity contribution in [3.05, 3.63) is 27.8 Å². The van der Waals surface area contributed by atoms with Gasteiger partial charge in [-0.2, -0.15) is 0 Å². The van der Waals surface area contributed by atoms with Crippen molar-refractivity contribution in [2.24, 2.45) is 0 Å². The van der Waals surface area contributed by atoms with Crippen LogP contribution in [-0.2, 0) is 14.6 Å².